The summed E-state index contributed by atoms with van der Waals surface area (Å²) >= 11 is 12.1. The molecule has 1 fully saturated rings. The van der Waals surface area contributed by atoms with Gasteiger partial charge in [0.05, 0.1) is 18.8 Å². The first kappa shape index (κ1) is 19.7. The maximum atomic E-state index is 12.4. The van der Waals surface area contributed by atoms with Crippen LogP contribution in [0.25, 0.3) is 0 Å². The number of rotatable bonds is 5. The Morgan fingerprint density at radius 3 is 2.56 bits per heavy atom. The van der Waals surface area contributed by atoms with Crippen molar-refractivity contribution in [2.24, 2.45) is 0 Å². The van der Waals surface area contributed by atoms with E-state index in [2.05, 4.69) is 5.32 Å². The molecule has 0 saturated carbocycles. The second-order valence-electron chi connectivity index (χ2n) is 6.50. The van der Waals surface area contributed by atoms with Gasteiger partial charge in [-0.2, -0.15) is 0 Å². The summed E-state index contributed by atoms with van der Waals surface area (Å²) in [6.45, 7) is 4.55. The SMILES string of the molecule is C[C@H](NC(=O)CN1CCN(C(=O)c2ccco2)CC1)c1ccc(Cl)cc1Cl. The van der Waals surface area contributed by atoms with E-state index in [0.29, 0.717) is 42.0 Å². The van der Waals surface area contributed by atoms with Gasteiger partial charge in [-0.1, -0.05) is 29.3 Å². The summed E-state index contributed by atoms with van der Waals surface area (Å²) in [6.07, 6.45) is 1.49. The van der Waals surface area contributed by atoms with Crippen molar-refractivity contribution >= 4 is 35.0 Å². The summed E-state index contributed by atoms with van der Waals surface area (Å²) in [5, 5.41) is 4.04. The summed E-state index contributed by atoms with van der Waals surface area (Å²) < 4.78 is 5.15. The second-order valence-corrected chi connectivity index (χ2v) is 7.34. The number of piperazine rings is 1. The highest BCUT2D eigenvalue weighted by Gasteiger charge is 2.25. The van der Waals surface area contributed by atoms with Crippen LogP contribution in [0.5, 0.6) is 0 Å². The van der Waals surface area contributed by atoms with Gasteiger partial charge in [-0.25, -0.2) is 0 Å². The van der Waals surface area contributed by atoms with Gasteiger partial charge in [-0.3, -0.25) is 14.5 Å². The van der Waals surface area contributed by atoms with E-state index in [0.717, 1.165) is 5.56 Å². The zero-order valence-electron chi connectivity index (χ0n) is 15.0. The topological polar surface area (TPSA) is 65.8 Å². The van der Waals surface area contributed by atoms with Crippen LogP contribution in [-0.4, -0.2) is 54.3 Å². The molecule has 0 radical (unpaired) electrons. The van der Waals surface area contributed by atoms with Gasteiger partial charge >= 0.3 is 0 Å². The van der Waals surface area contributed by atoms with E-state index in [9.17, 15) is 9.59 Å². The molecule has 2 amide bonds. The van der Waals surface area contributed by atoms with E-state index in [1.807, 2.05) is 17.9 Å². The van der Waals surface area contributed by atoms with Gasteiger partial charge in [0.1, 0.15) is 0 Å². The molecule has 0 spiro atoms. The summed E-state index contributed by atoms with van der Waals surface area (Å²) in [6, 6.07) is 8.36. The Bertz CT molecular complexity index is 803. The van der Waals surface area contributed by atoms with Gasteiger partial charge < -0.3 is 14.6 Å². The van der Waals surface area contributed by atoms with E-state index in [4.69, 9.17) is 27.6 Å². The van der Waals surface area contributed by atoms with Crippen LogP contribution in [0.3, 0.4) is 0 Å². The zero-order chi connectivity index (χ0) is 19.4. The zero-order valence-corrected chi connectivity index (χ0v) is 16.5. The lowest BCUT2D eigenvalue weighted by Crippen LogP contribution is -2.51. The molecular weight excluding hydrogens is 389 g/mol. The van der Waals surface area contributed by atoms with Gasteiger partial charge in [-0.15, -0.1) is 0 Å². The average molecular weight is 410 g/mol. The van der Waals surface area contributed by atoms with Crippen LogP contribution >= 0.6 is 23.2 Å². The first-order valence-corrected chi connectivity index (χ1v) is 9.49. The molecule has 27 heavy (non-hydrogen) atoms. The predicted molar refractivity (Wildman–Crippen MR) is 104 cm³/mol. The lowest BCUT2D eigenvalue weighted by molar-refractivity contribution is -0.123. The molecule has 1 aromatic heterocycles. The number of amides is 2. The molecule has 0 unspecified atom stereocenters. The summed E-state index contributed by atoms with van der Waals surface area (Å²) in [5.74, 6) is 0.143. The van der Waals surface area contributed by atoms with Crippen molar-refractivity contribution in [1.29, 1.82) is 0 Å². The van der Waals surface area contributed by atoms with Crippen molar-refractivity contribution in [1.82, 2.24) is 15.1 Å². The van der Waals surface area contributed by atoms with E-state index < -0.39 is 0 Å². The highest BCUT2D eigenvalue weighted by Crippen LogP contribution is 2.26. The predicted octanol–water partition coefficient (Wildman–Crippen LogP) is 3.22. The first-order valence-electron chi connectivity index (χ1n) is 8.73. The summed E-state index contributed by atoms with van der Waals surface area (Å²) in [4.78, 5) is 28.4. The Hall–Kier alpha value is -2.02. The standard InChI is InChI=1S/C19H21Cl2N3O3/c1-13(15-5-4-14(20)11-16(15)21)22-18(25)12-23-6-8-24(9-7-23)19(26)17-3-2-10-27-17/h2-5,10-11,13H,6-9,12H2,1H3,(H,22,25)/t13-/m0/s1. The highest BCUT2D eigenvalue weighted by molar-refractivity contribution is 6.35. The Morgan fingerprint density at radius 1 is 1.19 bits per heavy atom. The Morgan fingerprint density at radius 2 is 1.93 bits per heavy atom. The van der Waals surface area contributed by atoms with Crippen molar-refractivity contribution in [3.8, 4) is 0 Å². The average Bonchev–Trinajstić information content (AvgIpc) is 3.16. The van der Waals surface area contributed by atoms with Gasteiger partial charge in [0, 0.05) is 36.2 Å². The lowest BCUT2D eigenvalue weighted by atomic mass is 10.1. The fourth-order valence-electron chi connectivity index (χ4n) is 3.09. The molecule has 3 rings (SSSR count). The smallest absolute Gasteiger partial charge is 0.289 e. The van der Waals surface area contributed by atoms with E-state index >= 15 is 0 Å². The molecule has 2 heterocycles. The second kappa shape index (κ2) is 8.78. The number of nitrogens with zero attached hydrogens (tertiary/aromatic N) is 2. The minimum absolute atomic E-state index is 0.0840. The number of nitrogens with one attached hydrogen (secondary N) is 1. The van der Waals surface area contributed by atoms with E-state index in [1.165, 1.54) is 6.26 Å². The maximum absolute atomic E-state index is 12.4. The van der Waals surface area contributed by atoms with Crippen LogP contribution in [0.2, 0.25) is 10.0 Å². The highest BCUT2D eigenvalue weighted by atomic mass is 35.5. The molecule has 2 aromatic rings. The van der Waals surface area contributed by atoms with Crippen molar-refractivity contribution < 1.29 is 14.0 Å². The van der Waals surface area contributed by atoms with E-state index in [1.54, 1.807) is 29.2 Å². The van der Waals surface area contributed by atoms with Crippen molar-refractivity contribution in [3.63, 3.8) is 0 Å². The number of carbonyl (C=O) groups is 2. The first-order chi connectivity index (χ1) is 12.9. The molecule has 0 aliphatic carbocycles. The van der Waals surface area contributed by atoms with Crippen LogP contribution in [0, 0.1) is 0 Å². The van der Waals surface area contributed by atoms with Crippen LogP contribution < -0.4 is 5.32 Å². The van der Waals surface area contributed by atoms with Crippen LogP contribution in [0.4, 0.5) is 0 Å². The Labute approximate surface area is 168 Å². The quantitative estimate of drug-likeness (QED) is 0.822. The lowest BCUT2D eigenvalue weighted by Gasteiger charge is -2.34. The minimum Gasteiger partial charge on any atom is -0.459 e. The molecule has 1 aromatic carbocycles. The van der Waals surface area contributed by atoms with Gasteiger partial charge in [-0.05, 0) is 36.8 Å². The minimum atomic E-state index is -0.218. The van der Waals surface area contributed by atoms with Crippen LogP contribution in [0.1, 0.15) is 29.1 Å². The number of hydrogen-bond acceptors (Lipinski definition) is 4. The molecule has 8 heteroatoms. The normalized spacial score (nSPS) is 16.2. The fraction of sp³-hybridized carbons (Fsp3) is 0.368. The molecule has 1 atom stereocenters. The van der Waals surface area contributed by atoms with Gasteiger partial charge in [0.15, 0.2) is 5.76 Å². The van der Waals surface area contributed by atoms with E-state index in [-0.39, 0.29) is 24.4 Å². The number of furan rings is 1. The molecular formula is C19H21Cl2N3O3. The fourth-order valence-corrected chi connectivity index (χ4v) is 3.66. The molecule has 1 N–H and O–H groups in total. The third-order valence-electron chi connectivity index (χ3n) is 4.57. The van der Waals surface area contributed by atoms with Crippen LogP contribution in [0.15, 0.2) is 41.0 Å². The molecule has 144 valence electrons. The molecule has 1 aliphatic heterocycles. The Balaban J connectivity index is 1.47. The number of halogens is 2. The van der Waals surface area contributed by atoms with Gasteiger partial charge in [0.25, 0.3) is 5.91 Å². The number of hydrogen-bond donors (Lipinski definition) is 1. The summed E-state index contributed by atoms with van der Waals surface area (Å²) in [5.41, 5.74) is 0.822. The molecule has 1 saturated heterocycles. The van der Waals surface area contributed by atoms with Crippen molar-refractivity contribution in [3.05, 3.63) is 58.0 Å². The van der Waals surface area contributed by atoms with Crippen LogP contribution in [-0.2, 0) is 4.79 Å². The third kappa shape index (κ3) is 5.03. The van der Waals surface area contributed by atoms with Crippen molar-refractivity contribution in [2.75, 3.05) is 32.7 Å². The van der Waals surface area contributed by atoms with Crippen molar-refractivity contribution in [2.45, 2.75) is 13.0 Å². The monoisotopic (exact) mass is 409 g/mol. The molecule has 0 bridgehead atoms. The third-order valence-corrected chi connectivity index (χ3v) is 5.13. The Kier molecular flexibility index (Phi) is 6.42. The molecule has 1 aliphatic rings. The number of benzene rings is 1. The maximum Gasteiger partial charge on any atom is 0.289 e. The molecule has 6 nitrogen and oxygen atoms in total. The largest absolute Gasteiger partial charge is 0.459 e. The summed E-state index contributed by atoms with van der Waals surface area (Å²) in [7, 11) is 0. The van der Waals surface area contributed by atoms with Gasteiger partial charge in [0.2, 0.25) is 5.91 Å². The number of carbonyl (C=O) groups excluding carboxylic acids is 2.